The van der Waals surface area contributed by atoms with E-state index in [1.165, 1.54) is 23.4 Å². The Kier molecular flexibility index (Phi) is 3.63. The average Bonchev–Trinajstić information content (AvgIpc) is 3.23. The highest BCUT2D eigenvalue weighted by atomic mass is 32.1. The average molecular weight is 365 g/mol. The van der Waals surface area contributed by atoms with Crippen LogP contribution in [0.25, 0.3) is 11.4 Å². The van der Waals surface area contributed by atoms with E-state index < -0.39 is 0 Å². The second-order valence-electron chi connectivity index (χ2n) is 6.88. The maximum absolute atomic E-state index is 12.4. The maximum atomic E-state index is 12.4. The van der Waals surface area contributed by atoms with Crippen LogP contribution in [-0.4, -0.2) is 25.7 Å². The number of nitrogens with zero attached hydrogens (tertiary/aromatic N) is 4. The third-order valence-electron chi connectivity index (χ3n) is 5.15. The molecule has 1 amide bonds. The lowest BCUT2D eigenvalue weighted by Crippen LogP contribution is -2.24. The number of hydrogen-bond acceptors (Lipinski definition) is 5. The standard InChI is InChI=1S/C19H19N5OS/c1-24-18-16(17(23-24)13-7-4-5-9-20-13)11(10-15(25)22-18)19-21-12-6-2-3-8-14(12)26-19/h4-5,7,9,11H,2-3,6,8,10H2,1H3,(H,22,25)/t11-/m0/s1. The van der Waals surface area contributed by atoms with Gasteiger partial charge >= 0.3 is 0 Å². The molecule has 132 valence electrons. The van der Waals surface area contributed by atoms with Crippen LogP contribution in [0.5, 0.6) is 0 Å². The zero-order chi connectivity index (χ0) is 17.7. The number of fused-ring (bicyclic) bond motifs is 2. The maximum Gasteiger partial charge on any atom is 0.226 e. The van der Waals surface area contributed by atoms with Crippen LogP contribution in [-0.2, 0) is 24.7 Å². The van der Waals surface area contributed by atoms with E-state index >= 15 is 0 Å². The van der Waals surface area contributed by atoms with E-state index in [0.717, 1.165) is 40.6 Å². The summed E-state index contributed by atoms with van der Waals surface area (Å²) in [6.45, 7) is 0. The molecule has 4 heterocycles. The minimum Gasteiger partial charge on any atom is -0.311 e. The summed E-state index contributed by atoms with van der Waals surface area (Å²) in [6.07, 6.45) is 6.78. The van der Waals surface area contributed by atoms with Crippen molar-refractivity contribution in [1.29, 1.82) is 0 Å². The topological polar surface area (TPSA) is 72.7 Å². The summed E-state index contributed by atoms with van der Waals surface area (Å²) in [6, 6.07) is 5.82. The van der Waals surface area contributed by atoms with Crippen LogP contribution in [0.4, 0.5) is 5.82 Å². The fraction of sp³-hybridized carbons (Fsp3) is 0.368. The molecule has 1 aliphatic heterocycles. The molecule has 1 aliphatic carbocycles. The number of anilines is 1. The Morgan fingerprint density at radius 2 is 2.15 bits per heavy atom. The number of thiazole rings is 1. The zero-order valence-corrected chi connectivity index (χ0v) is 15.3. The zero-order valence-electron chi connectivity index (χ0n) is 14.5. The van der Waals surface area contributed by atoms with E-state index in [-0.39, 0.29) is 11.8 Å². The first-order valence-electron chi connectivity index (χ1n) is 8.97. The third-order valence-corrected chi connectivity index (χ3v) is 6.42. The van der Waals surface area contributed by atoms with Gasteiger partial charge in [-0.05, 0) is 37.8 Å². The molecule has 5 rings (SSSR count). The number of nitrogens with one attached hydrogen (secondary N) is 1. The molecule has 0 unspecified atom stereocenters. The molecule has 0 spiro atoms. The quantitative estimate of drug-likeness (QED) is 0.756. The van der Waals surface area contributed by atoms with Crippen molar-refractivity contribution in [2.45, 2.75) is 38.0 Å². The lowest BCUT2D eigenvalue weighted by Gasteiger charge is -2.22. The molecule has 6 nitrogen and oxygen atoms in total. The van der Waals surface area contributed by atoms with E-state index in [0.29, 0.717) is 6.42 Å². The molecule has 7 heteroatoms. The number of amides is 1. The fourth-order valence-corrected chi connectivity index (χ4v) is 5.18. The monoisotopic (exact) mass is 365 g/mol. The smallest absolute Gasteiger partial charge is 0.226 e. The van der Waals surface area contributed by atoms with Crippen molar-refractivity contribution in [3.8, 4) is 11.4 Å². The summed E-state index contributed by atoms with van der Waals surface area (Å²) in [4.78, 5) is 23.2. The molecule has 1 atom stereocenters. The minimum absolute atomic E-state index is 0.0197. The predicted molar refractivity (Wildman–Crippen MR) is 100 cm³/mol. The van der Waals surface area contributed by atoms with Gasteiger partial charge in [-0.1, -0.05) is 6.07 Å². The van der Waals surface area contributed by atoms with E-state index in [1.54, 1.807) is 22.2 Å². The molecule has 0 fully saturated rings. The SMILES string of the molecule is Cn1nc(-c2ccccn2)c2c1NC(=O)C[C@@H]2c1nc2c(s1)CCCC2. The molecule has 0 radical (unpaired) electrons. The Morgan fingerprint density at radius 3 is 2.96 bits per heavy atom. The normalized spacial score (nSPS) is 19.0. The van der Waals surface area contributed by atoms with Crippen LogP contribution < -0.4 is 5.32 Å². The van der Waals surface area contributed by atoms with Crippen molar-refractivity contribution in [2.24, 2.45) is 7.05 Å². The third kappa shape index (κ3) is 2.46. The predicted octanol–water partition coefficient (Wildman–Crippen LogP) is 3.29. The van der Waals surface area contributed by atoms with Crippen molar-refractivity contribution >= 4 is 23.1 Å². The van der Waals surface area contributed by atoms with E-state index in [1.807, 2.05) is 25.2 Å². The van der Waals surface area contributed by atoms with Gasteiger partial charge in [0.1, 0.15) is 16.5 Å². The summed E-state index contributed by atoms with van der Waals surface area (Å²) in [7, 11) is 1.86. The van der Waals surface area contributed by atoms with E-state index in [2.05, 4.69) is 15.4 Å². The van der Waals surface area contributed by atoms with Gasteiger partial charge in [0.2, 0.25) is 5.91 Å². The molecular weight excluding hydrogens is 346 g/mol. The molecule has 3 aromatic heterocycles. The number of aryl methyl sites for hydroxylation is 3. The minimum atomic E-state index is -0.0555. The van der Waals surface area contributed by atoms with Crippen LogP contribution >= 0.6 is 11.3 Å². The van der Waals surface area contributed by atoms with Crippen molar-refractivity contribution in [1.82, 2.24) is 19.7 Å². The van der Waals surface area contributed by atoms with Gasteiger partial charge in [-0.25, -0.2) is 4.98 Å². The Labute approximate surface area is 155 Å². The summed E-state index contributed by atoms with van der Waals surface area (Å²) in [5.41, 5.74) is 3.93. The lowest BCUT2D eigenvalue weighted by molar-refractivity contribution is -0.116. The van der Waals surface area contributed by atoms with Gasteiger partial charge in [0.15, 0.2) is 0 Å². The van der Waals surface area contributed by atoms with Crippen LogP contribution in [0.3, 0.4) is 0 Å². The largest absolute Gasteiger partial charge is 0.311 e. The highest BCUT2D eigenvalue weighted by Gasteiger charge is 2.36. The molecule has 3 aromatic rings. The first-order valence-corrected chi connectivity index (χ1v) is 9.79. The summed E-state index contributed by atoms with van der Waals surface area (Å²) >= 11 is 1.77. The van der Waals surface area contributed by atoms with Gasteiger partial charge in [-0.3, -0.25) is 14.5 Å². The molecule has 26 heavy (non-hydrogen) atoms. The second-order valence-corrected chi connectivity index (χ2v) is 8.00. The van der Waals surface area contributed by atoms with E-state index in [9.17, 15) is 4.79 Å². The van der Waals surface area contributed by atoms with Crippen molar-refractivity contribution < 1.29 is 4.79 Å². The van der Waals surface area contributed by atoms with Crippen molar-refractivity contribution in [3.05, 3.63) is 45.5 Å². The molecule has 0 saturated heterocycles. The fourth-order valence-electron chi connectivity index (χ4n) is 3.91. The second kappa shape index (κ2) is 6.02. The highest BCUT2D eigenvalue weighted by molar-refractivity contribution is 7.11. The number of carbonyl (C=O) groups excluding carboxylic acids is 1. The number of aromatic nitrogens is 4. The highest BCUT2D eigenvalue weighted by Crippen LogP contribution is 2.44. The van der Waals surface area contributed by atoms with E-state index in [4.69, 9.17) is 4.98 Å². The number of carbonyl (C=O) groups is 1. The Morgan fingerprint density at radius 1 is 1.27 bits per heavy atom. The molecule has 0 bridgehead atoms. The molecule has 1 N–H and O–H groups in total. The van der Waals surface area contributed by atoms with Crippen LogP contribution in [0.2, 0.25) is 0 Å². The summed E-state index contributed by atoms with van der Waals surface area (Å²) in [5.74, 6) is 0.728. The number of pyridine rings is 1. The first kappa shape index (κ1) is 15.7. The van der Waals surface area contributed by atoms with Gasteiger partial charge in [-0.2, -0.15) is 5.10 Å². The molecule has 0 saturated carbocycles. The van der Waals surface area contributed by atoms with Crippen molar-refractivity contribution in [2.75, 3.05) is 5.32 Å². The van der Waals surface area contributed by atoms with Gasteiger partial charge in [0.05, 0.1) is 17.3 Å². The first-order chi connectivity index (χ1) is 12.7. The molecule has 2 aliphatic rings. The lowest BCUT2D eigenvalue weighted by atomic mass is 9.91. The Balaban J connectivity index is 1.67. The van der Waals surface area contributed by atoms with Gasteiger partial charge in [0.25, 0.3) is 0 Å². The van der Waals surface area contributed by atoms with Gasteiger partial charge in [-0.15, -0.1) is 11.3 Å². The molecule has 0 aromatic carbocycles. The summed E-state index contributed by atoms with van der Waals surface area (Å²) < 4.78 is 1.75. The van der Waals surface area contributed by atoms with Gasteiger partial charge in [0, 0.05) is 30.1 Å². The van der Waals surface area contributed by atoms with Crippen LogP contribution in [0.1, 0.15) is 46.3 Å². The molecular formula is C19H19N5OS. The number of rotatable bonds is 2. The van der Waals surface area contributed by atoms with Crippen LogP contribution in [0.15, 0.2) is 24.4 Å². The number of hydrogen-bond donors (Lipinski definition) is 1. The van der Waals surface area contributed by atoms with Gasteiger partial charge < -0.3 is 5.32 Å². The summed E-state index contributed by atoms with van der Waals surface area (Å²) in [5, 5.41) is 8.70. The Hall–Kier alpha value is -2.54. The Bertz CT molecular complexity index is 968. The van der Waals surface area contributed by atoms with Crippen molar-refractivity contribution in [3.63, 3.8) is 0 Å². The van der Waals surface area contributed by atoms with Crippen LogP contribution in [0, 0.1) is 0 Å².